The van der Waals surface area contributed by atoms with Crippen LogP contribution in [0, 0.1) is 20.8 Å². The van der Waals surface area contributed by atoms with Crippen LogP contribution >= 0.6 is 8.58 Å². The van der Waals surface area contributed by atoms with E-state index >= 15 is 0 Å². The van der Waals surface area contributed by atoms with Gasteiger partial charge < -0.3 is 0 Å². The fourth-order valence-corrected chi connectivity index (χ4v) is 2.72. The van der Waals surface area contributed by atoms with Crippen LogP contribution in [0.3, 0.4) is 0 Å². The van der Waals surface area contributed by atoms with E-state index in [1.807, 2.05) is 0 Å². The summed E-state index contributed by atoms with van der Waals surface area (Å²) in [4.78, 5) is 0. The molecule has 1 heteroatoms. The van der Waals surface area contributed by atoms with Gasteiger partial charge in [0.1, 0.15) is 0 Å². The first-order valence-electron chi connectivity index (χ1n) is 4.90. The minimum atomic E-state index is 1.27. The van der Waals surface area contributed by atoms with Crippen molar-refractivity contribution in [2.75, 3.05) is 6.16 Å². The summed E-state index contributed by atoms with van der Waals surface area (Å²) in [6.45, 7) is 8.85. The Morgan fingerprint density at radius 3 is 2.08 bits per heavy atom. The lowest BCUT2D eigenvalue weighted by molar-refractivity contribution is 1.10. The quantitative estimate of drug-likeness (QED) is 0.643. The second-order valence-electron chi connectivity index (χ2n) is 3.63. The third-order valence-electron chi connectivity index (χ3n) is 2.13. The first kappa shape index (κ1) is 10.7. The average Bonchev–Trinajstić information content (AvgIpc) is 2.02. The first-order chi connectivity index (χ1) is 6.15. The molecule has 1 radical (unpaired) electrons. The smallest absolute Gasteiger partial charge is 0.0135 e. The molecule has 0 aromatic heterocycles. The molecule has 0 heterocycles. The SMILES string of the molecule is CCC[P]c1c(C)cc(C)cc1C. The Hall–Kier alpha value is -0.350. The van der Waals surface area contributed by atoms with E-state index in [0.29, 0.717) is 0 Å². The zero-order chi connectivity index (χ0) is 9.84. The Balaban J connectivity index is 2.92. The van der Waals surface area contributed by atoms with Crippen molar-refractivity contribution in [1.29, 1.82) is 0 Å². The second-order valence-corrected chi connectivity index (χ2v) is 4.84. The topological polar surface area (TPSA) is 0 Å². The highest BCUT2D eigenvalue weighted by atomic mass is 31.1. The Bertz CT molecular complexity index is 266. The molecule has 0 amide bonds. The molecule has 0 bridgehead atoms. The molecule has 0 saturated heterocycles. The highest BCUT2D eigenvalue weighted by Crippen LogP contribution is 2.18. The molecule has 0 aliphatic rings. The van der Waals surface area contributed by atoms with Gasteiger partial charge in [0.25, 0.3) is 0 Å². The van der Waals surface area contributed by atoms with Gasteiger partial charge in [0.05, 0.1) is 0 Å². The van der Waals surface area contributed by atoms with E-state index in [2.05, 4.69) is 39.8 Å². The van der Waals surface area contributed by atoms with Crippen LogP contribution in [0.1, 0.15) is 30.0 Å². The van der Waals surface area contributed by atoms with Gasteiger partial charge in [0, 0.05) is 0 Å². The molecule has 0 aliphatic heterocycles. The number of aryl methyl sites for hydroxylation is 3. The van der Waals surface area contributed by atoms with Gasteiger partial charge in [-0.05, 0) is 51.9 Å². The molecule has 0 spiro atoms. The van der Waals surface area contributed by atoms with Crippen molar-refractivity contribution >= 4 is 13.9 Å². The molecular weight excluding hydrogens is 175 g/mol. The highest BCUT2D eigenvalue weighted by molar-refractivity contribution is 7.47. The molecule has 0 saturated carbocycles. The van der Waals surface area contributed by atoms with Crippen molar-refractivity contribution in [3.05, 3.63) is 28.8 Å². The van der Waals surface area contributed by atoms with E-state index in [9.17, 15) is 0 Å². The summed E-state index contributed by atoms with van der Waals surface area (Å²) in [6.07, 6.45) is 2.55. The number of benzene rings is 1. The molecule has 1 rings (SSSR count). The summed E-state index contributed by atoms with van der Waals surface area (Å²) in [6, 6.07) is 4.57. The van der Waals surface area contributed by atoms with Crippen molar-refractivity contribution in [1.82, 2.24) is 0 Å². The highest BCUT2D eigenvalue weighted by Gasteiger charge is 2.03. The molecule has 0 nitrogen and oxygen atoms in total. The lowest BCUT2D eigenvalue weighted by Crippen LogP contribution is -2.06. The largest absolute Gasteiger partial charge is 0.0650 e. The van der Waals surface area contributed by atoms with E-state index in [1.54, 1.807) is 0 Å². The minimum absolute atomic E-state index is 1.27. The summed E-state index contributed by atoms with van der Waals surface area (Å²) in [5.74, 6) is 0. The van der Waals surface area contributed by atoms with Crippen LogP contribution < -0.4 is 5.30 Å². The van der Waals surface area contributed by atoms with Crippen molar-refractivity contribution < 1.29 is 0 Å². The van der Waals surface area contributed by atoms with Gasteiger partial charge in [-0.15, -0.1) is 0 Å². The fraction of sp³-hybridized carbons (Fsp3) is 0.500. The molecule has 0 atom stereocenters. The summed E-state index contributed by atoms with van der Waals surface area (Å²) >= 11 is 0. The van der Waals surface area contributed by atoms with Gasteiger partial charge in [-0.1, -0.05) is 31.0 Å². The summed E-state index contributed by atoms with van der Waals surface area (Å²) in [7, 11) is 1.49. The van der Waals surface area contributed by atoms with E-state index in [4.69, 9.17) is 0 Å². The van der Waals surface area contributed by atoms with Crippen molar-refractivity contribution in [2.45, 2.75) is 34.1 Å². The maximum absolute atomic E-state index is 2.28. The van der Waals surface area contributed by atoms with Crippen LogP contribution in [0.5, 0.6) is 0 Å². The fourth-order valence-electron chi connectivity index (χ4n) is 1.65. The second kappa shape index (κ2) is 4.77. The zero-order valence-corrected chi connectivity index (χ0v) is 9.91. The van der Waals surface area contributed by atoms with Crippen molar-refractivity contribution in [2.24, 2.45) is 0 Å². The van der Waals surface area contributed by atoms with Gasteiger partial charge >= 0.3 is 0 Å². The predicted molar refractivity (Wildman–Crippen MR) is 62.4 cm³/mol. The molecule has 13 heavy (non-hydrogen) atoms. The Morgan fingerprint density at radius 1 is 1.08 bits per heavy atom. The van der Waals surface area contributed by atoms with Crippen LogP contribution in [-0.2, 0) is 0 Å². The average molecular weight is 193 g/mol. The Labute approximate surface area is 83.5 Å². The number of rotatable bonds is 3. The van der Waals surface area contributed by atoms with Gasteiger partial charge in [0.15, 0.2) is 0 Å². The lowest BCUT2D eigenvalue weighted by atomic mass is 10.1. The molecule has 0 aliphatic carbocycles. The third kappa shape index (κ3) is 2.81. The van der Waals surface area contributed by atoms with Crippen LogP contribution in [0.4, 0.5) is 0 Å². The van der Waals surface area contributed by atoms with E-state index in [-0.39, 0.29) is 0 Å². The third-order valence-corrected chi connectivity index (χ3v) is 3.82. The maximum atomic E-state index is 2.28. The van der Waals surface area contributed by atoms with Crippen molar-refractivity contribution in [3.63, 3.8) is 0 Å². The molecule has 0 fully saturated rings. The van der Waals surface area contributed by atoms with Gasteiger partial charge in [-0.25, -0.2) is 0 Å². The van der Waals surface area contributed by atoms with Crippen LogP contribution in [0.15, 0.2) is 12.1 Å². The molecule has 1 aromatic carbocycles. The summed E-state index contributed by atoms with van der Waals surface area (Å²) in [5.41, 5.74) is 4.28. The Kier molecular flexibility index (Phi) is 3.93. The minimum Gasteiger partial charge on any atom is -0.0650 e. The molecule has 0 N–H and O–H groups in total. The lowest BCUT2D eigenvalue weighted by Gasteiger charge is -2.09. The van der Waals surface area contributed by atoms with Crippen LogP contribution in [0.25, 0.3) is 0 Å². The Morgan fingerprint density at radius 2 is 1.62 bits per heavy atom. The normalized spacial score (nSPS) is 11.4. The van der Waals surface area contributed by atoms with Crippen molar-refractivity contribution in [3.8, 4) is 0 Å². The van der Waals surface area contributed by atoms with Gasteiger partial charge in [-0.3, -0.25) is 0 Å². The molecular formula is C12H18P. The predicted octanol–water partition coefficient (Wildman–Crippen LogP) is 3.59. The van der Waals surface area contributed by atoms with Gasteiger partial charge in [-0.2, -0.15) is 0 Å². The van der Waals surface area contributed by atoms with Crippen LogP contribution in [-0.4, -0.2) is 6.16 Å². The maximum Gasteiger partial charge on any atom is -0.0135 e. The summed E-state index contributed by atoms with van der Waals surface area (Å²) in [5, 5.41) is 1.53. The standard InChI is InChI=1S/C12H18P/c1-5-6-13-12-10(3)7-9(2)8-11(12)4/h7-8H,5-6H2,1-4H3. The van der Waals surface area contributed by atoms with E-state index in [0.717, 1.165) is 0 Å². The first-order valence-corrected chi connectivity index (χ1v) is 5.98. The number of hydrogen-bond acceptors (Lipinski definition) is 0. The van der Waals surface area contributed by atoms with E-state index < -0.39 is 0 Å². The van der Waals surface area contributed by atoms with Crippen LogP contribution in [0.2, 0.25) is 0 Å². The van der Waals surface area contributed by atoms with E-state index in [1.165, 1.54) is 43.2 Å². The monoisotopic (exact) mass is 193 g/mol. The zero-order valence-electron chi connectivity index (χ0n) is 9.02. The summed E-state index contributed by atoms with van der Waals surface area (Å²) < 4.78 is 0. The van der Waals surface area contributed by atoms with Gasteiger partial charge in [0.2, 0.25) is 0 Å². The number of hydrogen-bond donors (Lipinski definition) is 0. The molecule has 71 valence electrons. The molecule has 1 aromatic rings. The molecule has 0 unspecified atom stereocenters.